The van der Waals surface area contributed by atoms with Crippen LogP contribution in [0.15, 0.2) is 23.3 Å². The predicted molar refractivity (Wildman–Crippen MR) is 79.2 cm³/mol. The number of carbonyl (C=O) groups excluding carboxylic acids is 2. The van der Waals surface area contributed by atoms with Gasteiger partial charge >= 0.3 is 0 Å². The lowest BCUT2D eigenvalue weighted by Gasteiger charge is -2.35. The largest absolute Gasteiger partial charge is 0.294 e. The number of benzene rings is 1. The molecule has 0 amide bonds. The Morgan fingerprint density at radius 1 is 0.750 bits per heavy atom. The van der Waals surface area contributed by atoms with E-state index in [-0.39, 0.29) is 23.4 Å². The number of ketones is 2. The maximum Gasteiger partial charge on any atom is 0.167 e. The number of hydrogen-bond acceptors (Lipinski definition) is 2. The van der Waals surface area contributed by atoms with E-state index >= 15 is 0 Å². The van der Waals surface area contributed by atoms with Crippen LogP contribution in [0.2, 0.25) is 0 Å². The highest BCUT2D eigenvalue weighted by Gasteiger charge is 2.43. The number of hydrogen-bond donors (Lipinski definition) is 0. The van der Waals surface area contributed by atoms with E-state index in [1.807, 2.05) is 26.0 Å². The summed E-state index contributed by atoms with van der Waals surface area (Å²) in [7, 11) is 0. The highest BCUT2D eigenvalue weighted by atomic mass is 16.1. The first kappa shape index (κ1) is 13.3. The average Bonchev–Trinajstić information content (AvgIpc) is 2.41. The van der Waals surface area contributed by atoms with Crippen LogP contribution in [-0.2, 0) is 0 Å². The molecule has 2 heteroatoms. The topological polar surface area (TPSA) is 34.1 Å². The van der Waals surface area contributed by atoms with E-state index in [0.29, 0.717) is 11.1 Å². The third-order valence-corrected chi connectivity index (χ3v) is 5.10. The van der Waals surface area contributed by atoms with Crippen molar-refractivity contribution in [1.29, 1.82) is 0 Å². The smallest absolute Gasteiger partial charge is 0.167 e. The van der Waals surface area contributed by atoms with Crippen LogP contribution in [0.1, 0.15) is 58.5 Å². The second-order valence-electron chi connectivity index (χ2n) is 6.39. The predicted octanol–water partition coefficient (Wildman–Crippen LogP) is 4.05. The molecule has 0 fully saturated rings. The maximum absolute atomic E-state index is 12.7. The minimum absolute atomic E-state index is 0.138. The Kier molecular flexibility index (Phi) is 2.93. The molecule has 2 aliphatic carbocycles. The fourth-order valence-corrected chi connectivity index (χ4v) is 3.47. The molecule has 2 nitrogen and oxygen atoms in total. The second-order valence-corrected chi connectivity index (χ2v) is 6.39. The molecule has 0 aliphatic heterocycles. The second kappa shape index (κ2) is 4.41. The molecule has 0 saturated carbocycles. The van der Waals surface area contributed by atoms with Gasteiger partial charge in [0.05, 0.1) is 0 Å². The van der Waals surface area contributed by atoms with Crippen LogP contribution in [-0.4, -0.2) is 11.6 Å². The van der Waals surface area contributed by atoms with Gasteiger partial charge in [0.2, 0.25) is 0 Å². The highest BCUT2D eigenvalue weighted by molar-refractivity contribution is 6.16. The summed E-state index contributed by atoms with van der Waals surface area (Å²) < 4.78 is 0. The van der Waals surface area contributed by atoms with E-state index < -0.39 is 0 Å². The van der Waals surface area contributed by atoms with Crippen molar-refractivity contribution in [2.45, 2.75) is 40.5 Å². The van der Waals surface area contributed by atoms with Crippen LogP contribution in [0.25, 0.3) is 0 Å². The summed E-state index contributed by atoms with van der Waals surface area (Å²) >= 11 is 0. The first-order chi connectivity index (χ1) is 9.40. The number of allylic oxidation sites excluding steroid dienone is 2. The van der Waals surface area contributed by atoms with Gasteiger partial charge in [-0.05, 0) is 63.8 Å². The van der Waals surface area contributed by atoms with Gasteiger partial charge in [-0.25, -0.2) is 0 Å². The SMILES string of the molecule is CC1=C(C)CC2C(=O)c3cc(C)c(C)cc3C(=O)C2C1. The number of fused-ring (bicyclic) bond motifs is 2. The molecule has 1 aromatic carbocycles. The van der Waals surface area contributed by atoms with E-state index in [2.05, 4.69) is 13.8 Å². The van der Waals surface area contributed by atoms with Crippen molar-refractivity contribution in [2.24, 2.45) is 11.8 Å². The lowest BCUT2D eigenvalue weighted by Crippen LogP contribution is -2.39. The minimum Gasteiger partial charge on any atom is -0.294 e. The summed E-state index contributed by atoms with van der Waals surface area (Å²) in [4.78, 5) is 25.5. The third kappa shape index (κ3) is 1.78. The molecule has 0 saturated heterocycles. The van der Waals surface area contributed by atoms with Crippen molar-refractivity contribution in [1.82, 2.24) is 0 Å². The Morgan fingerprint density at radius 2 is 1.10 bits per heavy atom. The zero-order valence-corrected chi connectivity index (χ0v) is 12.5. The van der Waals surface area contributed by atoms with Crippen LogP contribution < -0.4 is 0 Å². The van der Waals surface area contributed by atoms with E-state index in [1.165, 1.54) is 11.1 Å². The molecule has 20 heavy (non-hydrogen) atoms. The highest BCUT2D eigenvalue weighted by Crippen LogP contribution is 2.42. The fourth-order valence-electron chi connectivity index (χ4n) is 3.47. The Bertz CT molecular complexity index is 607. The van der Waals surface area contributed by atoms with Gasteiger partial charge in [0, 0.05) is 23.0 Å². The minimum atomic E-state index is -0.138. The molecule has 2 aliphatic rings. The number of aryl methyl sites for hydroxylation is 2. The molecule has 2 atom stereocenters. The molecule has 1 aromatic rings. The van der Waals surface area contributed by atoms with Crippen molar-refractivity contribution in [3.05, 3.63) is 45.5 Å². The van der Waals surface area contributed by atoms with Gasteiger partial charge in [0.15, 0.2) is 11.6 Å². The standard InChI is InChI=1S/C18H20O2/c1-9-5-13-14(6-10(9)2)18(20)16-8-12(4)11(3)7-15(16)17(13)19/h5-6,15-16H,7-8H2,1-4H3. The normalized spacial score (nSPS) is 25.6. The Balaban J connectivity index is 2.15. The number of rotatable bonds is 0. The van der Waals surface area contributed by atoms with Crippen LogP contribution >= 0.6 is 0 Å². The van der Waals surface area contributed by atoms with Crippen molar-refractivity contribution >= 4 is 11.6 Å². The van der Waals surface area contributed by atoms with Gasteiger partial charge in [-0.2, -0.15) is 0 Å². The quantitative estimate of drug-likeness (QED) is 0.665. The molecule has 0 heterocycles. The molecule has 0 radical (unpaired) electrons. The summed E-state index contributed by atoms with van der Waals surface area (Å²) in [5.74, 6) is 0.0562. The third-order valence-electron chi connectivity index (χ3n) is 5.10. The van der Waals surface area contributed by atoms with Crippen LogP contribution in [0.4, 0.5) is 0 Å². The summed E-state index contributed by atoms with van der Waals surface area (Å²) in [5.41, 5.74) is 6.02. The number of carbonyl (C=O) groups is 2. The summed E-state index contributed by atoms with van der Waals surface area (Å²) in [6.07, 6.45) is 1.49. The Morgan fingerprint density at radius 3 is 1.45 bits per heavy atom. The van der Waals surface area contributed by atoms with Gasteiger partial charge in [0.25, 0.3) is 0 Å². The Labute approximate surface area is 119 Å². The Hall–Kier alpha value is -1.70. The van der Waals surface area contributed by atoms with Gasteiger partial charge in [-0.15, -0.1) is 0 Å². The average molecular weight is 268 g/mol. The summed E-state index contributed by atoms with van der Waals surface area (Å²) in [5, 5.41) is 0. The summed E-state index contributed by atoms with van der Waals surface area (Å²) in [6, 6.07) is 3.81. The molecule has 0 spiro atoms. The van der Waals surface area contributed by atoms with Gasteiger partial charge < -0.3 is 0 Å². The lowest BCUT2D eigenvalue weighted by molar-refractivity contribution is 0.0721. The fraction of sp³-hybridized carbons (Fsp3) is 0.444. The first-order valence-corrected chi connectivity index (χ1v) is 7.25. The summed E-state index contributed by atoms with van der Waals surface area (Å²) in [6.45, 7) is 8.16. The van der Waals surface area contributed by atoms with E-state index in [4.69, 9.17) is 0 Å². The molecular formula is C18H20O2. The zero-order chi connectivity index (χ0) is 14.6. The van der Waals surface area contributed by atoms with Crippen molar-refractivity contribution in [2.75, 3.05) is 0 Å². The van der Waals surface area contributed by atoms with Gasteiger partial charge in [-0.1, -0.05) is 11.1 Å². The van der Waals surface area contributed by atoms with Crippen molar-refractivity contribution in [3.8, 4) is 0 Å². The van der Waals surface area contributed by atoms with Crippen LogP contribution in [0.3, 0.4) is 0 Å². The number of Topliss-reactive ketones (excluding diaryl/α,β-unsaturated/α-hetero) is 2. The lowest BCUT2D eigenvalue weighted by atomic mass is 9.66. The molecule has 0 aromatic heterocycles. The van der Waals surface area contributed by atoms with E-state index in [0.717, 1.165) is 24.0 Å². The first-order valence-electron chi connectivity index (χ1n) is 7.25. The van der Waals surface area contributed by atoms with E-state index in [1.54, 1.807) is 0 Å². The molecule has 0 bridgehead atoms. The van der Waals surface area contributed by atoms with Gasteiger partial charge in [0.1, 0.15) is 0 Å². The molecular weight excluding hydrogens is 248 g/mol. The molecule has 2 unspecified atom stereocenters. The molecule has 3 rings (SSSR count). The zero-order valence-electron chi connectivity index (χ0n) is 12.5. The van der Waals surface area contributed by atoms with Crippen molar-refractivity contribution in [3.63, 3.8) is 0 Å². The molecule has 0 N–H and O–H groups in total. The molecule has 104 valence electrons. The van der Waals surface area contributed by atoms with Crippen LogP contribution in [0.5, 0.6) is 0 Å². The van der Waals surface area contributed by atoms with Crippen LogP contribution in [0, 0.1) is 25.7 Å². The monoisotopic (exact) mass is 268 g/mol. The van der Waals surface area contributed by atoms with Gasteiger partial charge in [-0.3, -0.25) is 9.59 Å². The maximum atomic E-state index is 12.7. The van der Waals surface area contributed by atoms with Crippen molar-refractivity contribution < 1.29 is 9.59 Å². The van der Waals surface area contributed by atoms with E-state index in [9.17, 15) is 9.59 Å².